The Kier molecular flexibility index (Phi) is 7.43. The molecule has 0 aromatic heterocycles. The summed E-state index contributed by atoms with van der Waals surface area (Å²) in [6.07, 6.45) is 0. The van der Waals surface area contributed by atoms with Crippen molar-refractivity contribution in [3.63, 3.8) is 0 Å². The first kappa shape index (κ1) is 38.0. The highest BCUT2D eigenvalue weighted by molar-refractivity contribution is 6.93. The third-order valence-corrected chi connectivity index (χ3v) is 16.0. The standard InChI is InChI=1S/C63H49BN2/c1-38-33-47-44-24-18-29-52-60(44)66(56-30-17-16-28-51(56)63(52)49-26-14-11-21-41(49)42-22-12-15-27-50(42)63)64-54-37-53-46(43-23-10-13-25-48(43)62(53,5)6)36-57(54)65(58(34-38)59(47)64)55-32-31-40(61(2,3)4)35-45(55)39-19-8-7-9-20-39/h7-37H,1-6H3. The predicted molar refractivity (Wildman–Crippen MR) is 277 cm³/mol. The molecule has 1 spiro atoms. The van der Waals surface area contributed by atoms with E-state index in [0.717, 1.165) is 0 Å². The van der Waals surface area contributed by atoms with Crippen molar-refractivity contribution in [2.75, 3.05) is 9.71 Å². The molecular formula is C63H49BN2. The average molecular weight is 845 g/mol. The largest absolute Gasteiger partial charge is 0.376 e. The summed E-state index contributed by atoms with van der Waals surface area (Å²) in [5.41, 5.74) is 29.5. The fourth-order valence-electron chi connectivity index (χ4n) is 13.2. The maximum absolute atomic E-state index is 2.77. The fourth-order valence-corrected chi connectivity index (χ4v) is 13.2. The van der Waals surface area contributed by atoms with Gasteiger partial charge in [0, 0.05) is 39.3 Å². The van der Waals surface area contributed by atoms with E-state index in [0.29, 0.717) is 0 Å². The van der Waals surface area contributed by atoms with Gasteiger partial charge in [-0.25, -0.2) is 0 Å². The minimum Gasteiger partial charge on any atom is -0.376 e. The molecule has 3 heteroatoms. The first-order valence-corrected chi connectivity index (χ1v) is 23.7. The molecule has 0 bridgehead atoms. The summed E-state index contributed by atoms with van der Waals surface area (Å²) in [6.45, 7) is 14.0. The minimum absolute atomic E-state index is 0.0215. The van der Waals surface area contributed by atoms with E-state index in [1.54, 1.807) is 0 Å². The zero-order chi connectivity index (χ0) is 44.4. The summed E-state index contributed by atoms with van der Waals surface area (Å²) in [5.74, 6) is 0. The second-order valence-electron chi connectivity index (χ2n) is 20.9. The molecule has 2 aliphatic carbocycles. The molecule has 9 aromatic rings. The van der Waals surface area contributed by atoms with Gasteiger partial charge in [-0.1, -0.05) is 192 Å². The van der Waals surface area contributed by atoms with Crippen LogP contribution in [0.1, 0.15) is 79.1 Å². The summed E-state index contributed by atoms with van der Waals surface area (Å²) in [4.78, 5) is 5.42. The second kappa shape index (κ2) is 12.9. The maximum atomic E-state index is 2.77. The van der Waals surface area contributed by atoms with E-state index >= 15 is 0 Å². The van der Waals surface area contributed by atoms with Crippen molar-refractivity contribution in [3.05, 3.63) is 233 Å². The van der Waals surface area contributed by atoms with Gasteiger partial charge in [0.1, 0.15) is 0 Å². The smallest absolute Gasteiger partial charge is 0.333 e. The Hall–Kier alpha value is -7.36. The molecule has 5 aliphatic rings. The number of rotatable bonds is 2. The van der Waals surface area contributed by atoms with E-state index in [-0.39, 0.29) is 17.7 Å². The fraction of sp³-hybridized carbons (Fsp3) is 0.143. The molecule has 3 heterocycles. The van der Waals surface area contributed by atoms with E-state index in [9.17, 15) is 0 Å². The molecule has 0 N–H and O–H groups in total. The molecule has 3 aliphatic heterocycles. The second-order valence-corrected chi connectivity index (χ2v) is 20.9. The molecule has 66 heavy (non-hydrogen) atoms. The molecule has 0 saturated carbocycles. The number of benzene rings is 9. The average Bonchev–Trinajstić information content (AvgIpc) is 3.75. The highest BCUT2D eigenvalue weighted by Crippen LogP contribution is 2.65. The first-order valence-electron chi connectivity index (χ1n) is 23.7. The van der Waals surface area contributed by atoms with Crippen LogP contribution in [0.25, 0.3) is 44.5 Å². The number of hydrogen-bond acceptors (Lipinski definition) is 2. The lowest BCUT2D eigenvalue weighted by atomic mass is 9.42. The highest BCUT2D eigenvalue weighted by Gasteiger charge is 2.56. The third kappa shape index (κ3) is 4.68. The lowest BCUT2D eigenvalue weighted by molar-refractivity contribution is 0.590. The Morgan fingerprint density at radius 2 is 1.03 bits per heavy atom. The van der Waals surface area contributed by atoms with Crippen LogP contribution in [-0.2, 0) is 16.2 Å². The molecule has 0 amide bonds. The predicted octanol–water partition coefficient (Wildman–Crippen LogP) is 14.6. The van der Waals surface area contributed by atoms with E-state index in [1.165, 1.54) is 128 Å². The molecule has 0 fully saturated rings. The van der Waals surface area contributed by atoms with Crippen molar-refractivity contribution in [1.29, 1.82) is 0 Å². The monoisotopic (exact) mass is 844 g/mol. The number of para-hydroxylation sites is 2. The van der Waals surface area contributed by atoms with Crippen molar-refractivity contribution in [2.24, 2.45) is 0 Å². The van der Waals surface area contributed by atoms with Gasteiger partial charge in [-0.05, 0) is 131 Å². The zero-order valence-corrected chi connectivity index (χ0v) is 38.4. The Balaban J connectivity index is 1.13. The molecule has 0 radical (unpaired) electrons. The lowest BCUT2D eigenvalue weighted by Crippen LogP contribution is -2.63. The SMILES string of the molecule is Cc1cc2c3c(c1)N(c1ccc(C(C)(C)C)cc1-c1ccccc1)c1cc4c(cc1B3N1c3ccccc3C3(c5ccccc5-c5ccccc53)c3cccc-2c31)C(C)(C)c1ccccc1-4. The number of nitrogens with zero attached hydrogens (tertiary/aromatic N) is 2. The van der Waals surface area contributed by atoms with Gasteiger partial charge in [0.25, 0.3) is 0 Å². The summed E-state index contributed by atoms with van der Waals surface area (Å²) in [7, 11) is 0. The van der Waals surface area contributed by atoms with E-state index < -0.39 is 5.41 Å². The molecule has 9 aromatic carbocycles. The van der Waals surface area contributed by atoms with Crippen LogP contribution in [0.15, 0.2) is 188 Å². The molecule has 14 rings (SSSR count). The zero-order valence-electron chi connectivity index (χ0n) is 38.4. The Bertz CT molecular complexity index is 3540. The van der Waals surface area contributed by atoms with Crippen LogP contribution >= 0.6 is 0 Å². The Morgan fingerprint density at radius 3 is 1.74 bits per heavy atom. The van der Waals surface area contributed by atoms with Gasteiger partial charge in [-0.3, -0.25) is 0 Å². The van der Waals surface area contributed by atoms with Crippen molar-refractivity contribution in [2.45, 2.75) is 57.8 Å². The van der Waals surface area contributed by atoms with Crippen molar-refractivity contribution in [1.82, 2.24) is 0 Å². The first-order chi connectivity index (χ1) is 32.1. The van der Waals surface area contributed by atoms with Gasteiger partial charge in [0.2, 0.25) is 0 Å². The lowest BCUT2D eigenvalue weighted by Gasteiger charge is -2.52. The number of anilines is 5. The Morgan fingerprint density at radius 1 is 0.424 bits per heavy atom. The van der Waals surface area contributed by atoms with Crippen LogP contribution in [0.3, 0.4) is 0 Å². The quantitative estimate of drug-likeness (QED) is 0.160. The van der Waals surface area contributed by atoms with Crippen LogP contribution in [0.4, 0.5) is 28.4 Å². The van der Waals surface area contributed by atoms with Crippen LogP contribution in [-0.4, -0.2) is 6.85 Å². The third-order valence-electron chi connectivity index (χ3n) is 16.0. The van der Waals surface area contributed by atoms with Gasteiger partial charge in [-0.2, -0.15) is 0 Å². The van der Waals surface area contributed by atoms with Crippen LogP contribution < -0.4 is 20.6 Å². The topological polar surface area (TPSA) is 6.48 Å². The van der Waals surface area contributed by atoms with Crippen LogP contribution in [0.5, 0.6) is 0 Å². The molecular weight excluding hydrogens is 796 g/mol. The van der Waals surface area contributed by atoms with Crippen molar-refractivity contribution < 1.29 is 0 Å². The van der Waals surface area contributed by atoms with E-state index in [1.807, 2.05) is 0 Å². The van der Waals surface area contributed by atoms with Gasteiger partial charge >= 0.3 is 6.85 Å². The number of aryl methyl sites for hydroxylation is 1. The summed E-state index contributed by atoms with van der Waals surface area (Å²) in [5, 5.41) is 0. The summed E-state index contributed by atoms with van der Waals surface area (Å²) >= 11 is 0. The van der Waals surface area contributed by atoms with Crippen LogP contribution in [0, 0.1) is 6.92 Å². The van der Waals surface area contributed by atoms with Crippen molar-refractivity contribution in [3.8, 4) is 44.5 Å². The van der Waals surface area contributed by atoms with E-state index in [2.05, 4.69) is 239 Å². The van der Waals surface area contributed by atoms with Gasteiger partial charge in [0.15, 0.2) is 0 Å². The van der Waals surface area contributed by atoms with Crippen LogP contribution in [0.2, 0.25) is 0 Å². The highest BCUT2D eigenvalue weighted by atomic mass is 15.2. The van der Waals surface area contributed by atoms with Gasteiger partial charge in [-0.15, -0.1) is 0 Å². The van der Waals surface area contributed by atoms with E-state index in [4.69, 9.17) is 0 Å². The molecule has 0 saturated heterocycles. The summed E-state index contributed by atoms with van der Waals surface area (Å²) in [6, 6.07) is 72.5. The van der Waals surface area contributed by atoms with Gasteiger partial charge in [0.05, 0.1) is 11.1 Å². The van der Waals surface area contributed by atoms with Gasteiger partial charge < -0.3 is 9.71 Å². The number of fused-ring (bicyclic) bond motifs is 16. The number of hydrogen-bond donors (Lipinski definition) is 0. The Labute approximate surface area is 389 Å². The minimum atomic E-state index is -0.486. The normalized spacial score (nSPS) is 15.6. The van der Waals surface area contributed by atoms with Crippen molar-refractivity contribution >= 4 is 46.2 Å². The molecule has 0 atom stereocenters. The molecule has 0 unspecified atom stereocenters. The molecule has 2 nitrogen and oxygen atoms in total. The molecule has 314 valence electrons. The maximum Gasteiger partial charge on any atom is 0.333 e. The summed E-state index contributed by atoms with van der Waals surface area (Å²) < 4.78 is 0.